The molecule has 0 atom stereocenters. The third kappa shape index (κ3) is 2.41. The first kappa shape index (κ1) is 13.5. The molecule has 1 fully saturated rings. The predicted octanol–water partition coefficient (Wildman–Crippen LogP) is 4.22. The Morgan fingerprint density at radius 3 is 2.55 bits per heavy atom. The maximum absolute atomic E-state index is 5.79. The van der Waals surface area contributed by atoms with Crippen LogP contribution in [-0.2, 0) is 10.3 Å². The van der Waals surface area contributed by atoms with E-state index < -0.39 is 0 Å². The van der Waals surface area contributed by atoms with Gasteiger partial charge in [0.2, 0.25) is 0 Å². The van der Waals surface area contributed by atoms with Gasteiger partial charge in [-0.15, -0.1) is 0 Å². The van der Waals surface area contributed by atoms with Crippen LogP contribution in [0, 0.1) is 4.64 Å². The van der Waals surface area contributed by atoms with Crippen molar-refractivity contribution in [2.45, 2.75) is 31.3 Å². The summed E-state index contributed by atoms with van der Waals surface area (Å²) in [7, 11) is 1.76. The summed E-state index contributed by atoms with van der Waals surface area (Å²) in [6.45, 7) is 0. The van der Waals surface area contributed by atoms with Crippen LogP contribution in [0.1, 0.15) is 31.5 Å². The zero-order chi connectivity index (χ0) is 14.0. The van der Waals surface area contributed by atoms with Crippen molar-refractivity contribution < 1.29 is 4.74 Å². The molecule has 0 radical (unpaired) electrons. The molecule has 1 aliphatic carbocycles. The number of methoxy groups -OCH3 is 1. The van der Waals surface area contributed by atoms with Crippen LogP contribution in [0.15, 0.2) is 36.4 Å². The molecule has 0 bridgehead atoms. The van der Waals surface area contributed by atoms with Crippen LogP contribution in [0.5, 0.6) is 0 Å². The molecule has 1 N–H and O–H groups in total. The molecule has 104 valence electrons. The maximum Gasteiger partial charge on any atom is 0.140 e. The molecule has 1 aromatic heterocycles. The second-order valence-corrected chi connectivity index (χ2v) is 5.67. The smallest absolute Gasteiger partial charge is 0.140 e. The van der Waals surface area contributed by atoms with Crippen molar-refractivity contribution >= 4 is 12.2 Å². The van der Waals surface area contributed by atoms with Crippen LogP contribution >= 0.6 is 12.2 Å². The zero-order valence-corrected chi connectivity index (χ0v) is 12.4. The Balaban J connectivity index is 2.10. The lowest BCUT2D eigenvalue weighted by atomic mass is 10.0. The van der Waals surface area contributed by atoms with E-state index >= 15 is 0 Å². The van der Waals surface area contributed by atoms with Gasteiger partial charge in [0.1, 0.15) is 16.1 Å². The zero-order valence-electron chi connectivity index (χ0n) is 11.6. The van der Waals surface area contributed by atoms with Crippen molar-refractivity contribution in [1.82, 2.24) is 9.97 Å². The normalized spacial score (nSPS) is 17.2. The summed E-state index contributed by atoms with van der Waals surface area (Å²) in [6, 6.07) is 12.1. The van der Waals surface area contributed by atoms with Crippen molar-refractivity contribution in [3.8, 4) is 11.3 Å². The van der Waals surface area contributed by atoms with Gasteiger partial charge in [-0.3, -0.25) is 0 Å². The lowest BCUT2D eigenvalue weighted by molar-refractivity contribution is -0.0162. The van der Waals surface area contributed by atoms with Gasteiger partial charge in [0.25, 0.3) is 0 Å². The molecule has 1 heterocycles. The maximum atomic E-state index is 5.79. The molecule has 0 spiro atoms. The molecule has 4 heteroatoms. The van der Waals surface area contributed by atoms with Crippen LogP contribution in [0.25, 0.3) is 11.3 Å². The Morgan fingerprint density at radius 2 is 1.90 bits per heavy atom. The van der Waals surface area contributed by atoms with E-state index in [-0.39, 0.29) is 5.60 Å². The van der Waals surface area contributed by atoms with Crippen molar-refractivity contribution in [3.63, 3.8) is 0 Å². The van der Waals surface area contributed by atoms with Crippen LogP contribution in [-0.4, -0.2) is 17.1 Å². The summed E-state index contributed by atoms with van der Waals surface area (Å²) in [4.78, 5) is 7.95. The van der Waals surface area contributed by atoms with Crippen molar-refractivity contribution in [3.05, 3.63) is 46.9 Å². The molecule has 3 rings (SSSR count). The minimum atomic E-state index is -0.293. The topological polar surface area (TPSA) is 37.9 Å². The number of rotatable bonds is 3. The van der Waals surface area contributed by atoms with Crippen LogP contribution < -0.4 is 0 Å². The van der Waals surface area contributed by atoms with E-state index in [1.54, 1.807) is 7.11 Å². The Morgan fingerprint density at radius 1 is 1.20 bits per heavy atom. The average Bonchev–Trinajstić information content (AvgIpc) is 2.98. The van der Waals surface area contributed by atoms with Gasteiger partial charge in [0, 0.05) is 12.8 Å². The van der Waals surface area contributed by atoms with Gasteiger partial charge in [-0.1, -0.05) is 42.5 Å². The van der Waals surface area contributed by atoms with E-state index in [2.05, 4.69) is 22.1 Å². The van der Waals surface area contributed by atoms with E-state index in [1.165, 1.54) is 12.8 Å². The lowest BCUT2D eigenvalue weighted by Crippen LogP contribution is -2.27. The van der Waals surface area contributed by atoms with Gasteiger partial charge in [0.15, 0.2) is 0 Å². The number of nitrogens with one attached hydrogen (secondary N) is 1. The first-order valence-corrected chi connectivity index (χ1v) is 7.37. The van der Waals surface area contributed by atoms with E-state index in [1.807, 2.05) is 24.3 Å². The van der Waals surface area contributed by atoms with Crippen molar-refractivity contribution in [1.29, 1.82) is 0 Å². The fourth-order valence-electron chi connectivity index (χ4n) is 2.93. The number of ether oxygens (including phenoxy) is 1. The highest BCUT2D eigenvalue weighted by Gasteiger charge is 2.38. The SMILES string of the molecule is COC1(c2nc(=S)cc(-c3ccccc3)[nH]2)CCCC1. The quantitative estimate of drug-likeness (QED) is 0.858. The molecule has 2 aromatic rings. The number of hydrogen-bond donors (Lipinski definition) is 1. The molecule has 0 saturated heterocycles. The number of aromatic amines is 1. The fourth-order valence-corrected chi connectivity index (χ4v) is 3.14. The van der Waals surface area contributed by atoms with E-state index in [4.69, 9.17) is 17.0 Å². The minimum Gasteiger partial charge on any atom is -0.370 e. The summed E-state index contributed by atoms with van der Waals surface area (Å²) in [5.74, 6) is 0.865. The molecule has 0 amide bonds. The number of H-pyrrole nitrogens is 1. The molecule has 1 aromatic carbocycles. The number of hydrogen-bond acceptors (Lipinski definition) is 3. The molecule has 3 nitrogen and oxygen atoms in total. The lowest BCUT2D eigenvalue weighted by Gasteiger charge is -2.26. The Kier molecular flexibility index (Phi) is 3.68. The minimum absolute atomic E-state index is 0.293. The molecule has 0 unspecified atom stereocenters. The van der Waals surface area contributed by atoms with Gasteiger partial charge in [-0.2, -0.15) is 0 Å². The standard InChI is InChI=1S/C16H18N2OS/c1-19-16(9-5-6-10-16)15-17-13(11-14(20)18-15)12-7-3-2-4-8-12/h2-4,7-8,11H,5-6,9-10H2,1H3,(H,17,18,20). The first-order chi connectivity index (χ1) is 9.73. The fraction of sp³-hybridized carbons (Fsp3) is 0.375. The summed E-state index contributed by atoms with van der Waals surface area (Å²) in [6.07, 6.45) is 4.34. The van der Waals surface area contributed by atoms with Crippen LogP contribution in [0.4, 0.5) is 0 Å². The van der Waals surface area contributed by atoms with Gasteiger partial charge in [-0.05, 0) is 37.3 Å². The summed E-state index contributed by atoms with van der Waals surface area (Å²) < 4.78 is 6.40. The monoisotopic (exact) mass is 286 g/mol. The Bertz CT molecular complexity index is 645. The average molecular weight is 286 g/mol. The third-order valence-corrected chi connectivity index (χ3v) is 4.27. The molecular formula is C16H18N2OS. The molecule has 0 aliphatic heterocycles. The molecular weight excluding hydrogens is 268 g/mol. The van der Waals surface area contributed by atoms with E-state index in [0.717, 1.165) is 29.9 Å². The van der Waals surface area contributed by atoms with Gasteiger partial charge in [0.05, 0.1) is 0 Å². The highest BCUT2D eigenvalue weighted by Crippen LogP contribution is 2.40. The predicted molar refractivity (Wildman–Crippen MR) is 82.0 cm³/mol. The second-order valence-electron chi connectivity index (χ2n) is 5.25. The van der Waals surface area contributed by atoms with Gasteiger partial charge >= 0.3 is 0 Å². The van der Waals surface area contributed by atoms with Crippen molar-refractivity contribution in [2.75, 3.05) is 7.11 Å². The number of benzene rings is 1. The summed E-state index contributed by atoms with van der Waals surface area (Å²) >= 11 is 5.33. The van der Waals surface area contributed by atoms with Gasteiger partial charge in [-0.25, -0.2) is 4.98 Å². The third-order valence-electron chi connectivity index (χ3n) is 4.06. The van der Waals surface area contributed by atoms with E-state index in [9.17, 15) is 0 Å². The summed E-state index contributed by atoms with van der Waals surface area (Å²) in [5.41, 5.74) is 1.83. The van der Waals surface area contributed by atoms with Crippen molar-refractivity contribution in [2.24, 2.45) is 0 Å². The molecule has 1 aliphatic rings. The highest BCUT2D eigenvalue weighted by atomic mass is 32.1. The number of nitrogens with zero attached hydrogens (tertiary/aromatic N) is 1. The first-order valence-electron chi connectivity index (χ1n) is 6.96. The van der Waals surface area contributed by atoms with Crippen LogP contribution in [0.2, 0.25) is 0 Å². The van der Waals surface area contributed by atoms with Crippen LogP contribution in [0.3, 0.4) is 0 Å². The van der Waals surface area contributed by atoms with E-state index in [0.29, 0.717) is 4.64 Å². The Labute approximate surface area is 124 Å². The Hall–Kier alpha value is -1.52. The number of aromatic nitrogens is 2. The molecule has 1 saturated carbocycles. The highest BCUT2D eigenvalue weighted by molar-refractivity contribution is 7.71. The summed E-state index contributed by atoms with van der Waals surface area (Å²) in [5, 5.41) is 0. The molecule has 20 heavy (non-hydrogen) atoms. The largest absolute Gasteiger partial charge is 0.370 e. The second kappa shape index (κ2) is 5.46. The van der Waals surface area contributed by atoms with Gasteiger partial charge < -0.3 is 9.72 Å².